The van der Waals surface area contributed by atoms with Gasteiger partial charge in [-0.25, -0.2) is 13.6 Å². The Morgan fingerprint density at radius 1 is 1.32 bits per heavy atom. The van der Waals surface area contributed by atoms with Crippen molar-refractivity contribution in [1.29, 1.82) is 0 Å². The number of halogens is 2. The summed E-state index contributed by atoms with van der Waals surface area (Å²) in [5, 5.41) is 11.2. The van der Waals surface area contributed by atoms with Crippen LogP contribution in [0.25, 0.3) is 0 Å². The van der Waals surface area contributed by atoms with Gasteiger partial charge in [-0.2, -0.15) is 4.98 Å². The molecule has 1 aromatic heterocycles. The lowest BCUT2D eigenvalue weighted by Crippen LogP contribution is -2.30. The third-order valence-electron chi connectivity index (χ3n) is 3.84. The van der Waals surface area contributed by atoms with Crippen LogP contribution in [0.2, 0.25) is 0 Å². The van der Waals surface area contributed by atoms with Gasteiger partial charge in [0.05, 0.1) is 18.9 Å². The molecular formula is C16H15F2N3O4. The first-order valence-electron chi connectivity index (χ1n) is 7.60. The fraction of sp³-hybridized carbons (Fsp3) is 0.312. The van der Waals surface area contributed by atoms with Gasteiger partial charge in [-0.05, 0) is 37.1 Å². The number of amides is 1. The van der Waals surface area contributed by atoms with Crippen molar-refractivity contribution < 1.29 is 23.4 Å². The molecule has 2 unspecified atom stereocenters. The molecule has 2 atom stereocenters. The summed E-state index contributed by atoms with van der Waals surface area (Å²) in [6.45, 7) is -0.188. The summed E-state index contributed by atoms with van der Waals surface area (Å²) in [6.07, 6.45) is 0.762. The lowest BCUT2D eigenvalue weighted by atomic mass is 10.2. The minimum absolute atomic E-state index is 0.0942. The molecule has 1 saturated heterocycles. The number of carbonyl (C=O) groups excluding carboxylic acids is 1. The van der Waals surface area contributed by atoms with E-state index in [0.29, 0.717) is 12.8 Å². The number of nitrogens with one attached hydrogen (secondary N) is 1. The van der Waals surface area contributed by atoms with E-state index in [1.165, 1.54) is 12.1 Å². The summed E-state index contributed by atoms with van der Waals surface area (Å²) in [7, 11) is 0. The van der Waals surface area contributed by atoms with Crippen molar-refractivity contribution in [2.75, 3.05) is 11.9 Å². The Morgan fingerprint density at radius 3 is 2.68 bits per heavy atom. The van der Waals surface area contributed by atoms with Crippen LogP contribution < -0.4 is 11.0 Å². The smallest absolute Gasteiger partial charge is 0.351 e. The molecule has 0 aliphatic carbocycles. The van der Waals surface area contributed by atoms with Gasteiger partial charge in [-0.15, -0.1) is 0 Å². The average molecular weight is 351 g/mol. The van der Waals surface area contributed by atoms with E-state index in [1.807, 2.05) is 0 Å². The predicted octanol–water partition coefficient (Wildman–Crippen LogP) is 1.44. The first kappa shape index (κ1) is 17.2. The zero-order valence-corrected chi connectivity index (χ0v) is 13.0. The molecule has 1 aliphatic heterocycles. The number of hydrogen-bond donors (Lipinski definition) is 2. The summed E-state index contributed by atoms with van der Waals surface area (Å²) in [4.78, 5) is 27.6. The van der Waals surface area contributed by atoms with E-state index in [0.717, 1.165) is 22.9 Å². The molecule has 0 bridgehead atoms. The maximum absolute atomic E-state index is 14.2. The van der Waals surface area contributed by atoms with Crippen molar-refractivity contribution >= 4 is 11.7 Å². The zero-order valence-electron chi connectivity index (χ0n) is 13.0. The molecule has 0 radical (unpaired) electrons. The van der Waals surface area contributed by atoms with Gasteiger partial charge < -0.3 is 15.2 Å². The van der Waals surface area contributed by atoms with Gasteiger partial charge in [0.25, 0.3) is 5.91 Å². The molecule has 1 amide bonds. The fourth-order valence-corrected chi connectivity index (χ4v) is 2.55. The molecule has 1 aromatic carbocycles. The topological polar surface area (TPSA) is 93.5 Å². The number of anilines is 1. The van der Waals surface area contributed by atoms with Crippen molar-refractivity contribution in [3.63, 3.8) is 0 Å². The highest BCUT2D eigenvalue weighted by Gasteiger charge is 2.27. The molecule has 0 saturated carbocycles. The van der Waals surface area contributed by atoms with Gasteiger partial charge in [-0.1, -0.05) is 0 Å². The second kappa shape index (κ2) is 7.08. The van der Waals surface area contributed by atoms with E-state index in [9.17, 15) is 18.4 Å². The largest absolute Gasteiger partial charge is 0.394 e. The number of ether oxygens (including phenoxy) is 1. The van der Waals surface area contributed by atoms with Crippen LogP contribution in [0, 0.1) is 11.6 Å². The van der Waals surface area contributed by atoms with Crippen molar-refractivity contribution in [3.05, 3.63) is 58.1 Å². The number of nitrogens with zero attached hydrogens (tertiary/aromatic N) is 2. The normalized spacial score (nSPS) is 19.8. The molecule has 132 valence electrons. The molecule has 2 aromatic rings. The van der Waals surface area contributed by atoms with Crippen LogP contribution >= 0.6 is 0 Å². The Kier molecular flexibility index (Phi) is 4.86. The van der Waals surface area contributed by atoms with Crippen LogP contribution in [0.5, 0.6) is 0 Å². The molecule has 7 nitrogen and oxygen atoms in total. The highest BCUT2D eigenvalue weighted by Crippen LogP contribution is 2.27. The molecular weight excluding hydrogens is 336 g/mol. The van der Waals surface area contributed by atoms with E-state index in [-0.39, 0.29) is 12.2 Å². The summed E-state index contributed by atoms with van der Waals surface area (Å²) in [6, 6.07) is 4.63. The highest BCUT2D eigenvalue weighted by molar-refractivity contribution is 6.03. The SMILES string of the molecule is O=C(Nc1nc(=O)n(C2CCC(CO)O2)cc1F)c1ccc(F)cc1. The van der Waals surface area contributed by atoms with E-state index < -0.39 is 41.4 Å². The first-order valence-corrected chi connectivity index (χ1v) is 7.60. The number of aliphatic hydroxyl groups is 1. The van der Waals surface area contributed by atoms with Crippen LogP contribution in [0.3, 0.4) is 0 Å². The molecule has 3 rings (SSSR count). The fourth-order valence-electron chi connectivity index (χ4n) is 2.55. The Balaban J connectivity index is 1.79. The standard InChI is InChI=1S/C16H15F2N3O4/c17-10-3-1-9(2-4-10)15(23)19-14-12(18)7-21(16(24)20-14)13-6-5-11(8-22)25-13/h1-4,7,11,13,22H,5-6,8H2,(H,19,20,23,24). The van der Waals surface area contributed by atoms with Gasteiger partial charge in [0.2, 0.25) is 0 Å². The van der Waals surface area contributed by atoms with Crippen LogP contribution in [0.4, 0.5) is 14.6 Å². The van der Waals surface area contributed by atoms with E-state index >= 15 is 0 Å². The predicted molar refractivity (Wildman–Crippen MR) is 83.0 cm³/mol. The van der Waals surface area contributed by atoms with Gasteiger partial charge in [0.15, 0.2) is 11.6 Å². The van der Waals surface area contributed by atoms with E-state index in [1.54, 1.807) is 0 Å². The average Bonchev–Trinajstić information content (AvgIpc) is 3.07. The molecule has 1 fully saturated rings. The minimum Gasteiger partial charge on any atom is -0.394 e. The van der Waals surface area contributed by atoms with Crippen LogP contribution in [0.1, 0.15) is 29.4 Å². The Bertz CT molecular complexity index is 838. The maximum atomic E-state index is 14.2. The zero-order chi connectivity index (χ0) is 18.0. The molecule has 2 heterocycles. The molecule has 9 heteroatoms. The number of aliphatic hydroxyl groups excluding tert-OH is 1. The number of hydrogen-bond acceptors (Lipinski definition) is 5. The Labute approximate surface area is 140 Å². The van der Waals surface area contributed by atoms with Crippen LogP contribution in [0.15, 0.2) is 35.3 Å². The number of carbonyl (C=O) groups is 1. The quantitative estimate of drug-likeness (QED) is 0.870. The van der Waals surface area contributed by atoms with Gasteiger partial charge in [-0.3, -0.25) is 9.36 Å². The molecule has 1 aliphatic rings. The van der Waals surface area contributed by atoms with Crippen LogP contribution in [-0.2, 0) is 4.74 Å². The van der Waals surface area contributed by atoms with E-state index in [4.69, 9.17) is 9.84 Å². The van der Waals surface area contributed by atoms with Crippen molar-refractivity contribution in [3.8, 4) is 0 Å². The Hall–Kier alpha value is -2.65. The van der Waals surface area contributed by atoms with Gasteiger partial charge >= 0.3 is 5.69 Å². The summed E-state index contributed by atoms with van der Waals surface area (Å²) >= 11 is 0. The first-order chi connectivity index (χ1) is 12.0. The van der Waals surface area contributed by atoms with Crippen molar-refractivity contribution in [1.82, 2.24) is 9.55 Å². The number of benzene rings is 1. The third kappa shape index (κ3) is 3.72. The lowest BCUT2D eigenvalue weighted by molar-refractivity contribution is -0.0249. The lowest BCUT2D eigenvalue weighted by Gasteiger charge is -2.15. The number of rotatable bonds is 4. The van der Waals surface area contributed by atoms with Crippen molar-refractivity contribution in [2.24, 2.45) is 0 Å². The molecule has 25 heavy (non-hydrogen) atoms. The van der Waals surface area contributed by atoms with Gasteiger partial charge in [0.1, 0.15) is 12.0 Å². The summed E-state index contributed by atoms with van der Waals surface area (Å²) in [5.41, 5.74) is -0.698. The Morgan fingerprint density at radius 2 is 2.04 bits per heavy atom. The highest BCUT2D eigenvalue weighted by atomic mass is 19.1. The van der Waals surface area contributed by atoms with Crippen LogP contribution in [-0.4, -0.2) is 33.3 Å². The summed E-state index contributed by atoms with van der Waals surface area (Å²) < 4.78 is 33.5. The van der Waals surface area contributed by atoms with Gasteiger partial charge in [0, 0.05) is 5.56 Å². The second-order valence-corrected chi connectivity index (χ2v) is 5.56. The molecule has 0 spiro atoms. The summed E-state index contributed by atoms with van der Waals surface area (Å²) in [5.74, 6) is -2.67. The van der Waals surface area contributed by atoms with Crippen molar-refractivity contribution in [2.45, 2.75) is 25.2 Å². The minimum atomic E-state index is -0.911. The maximum Gasteiger partial charge on any atom is 0.351 e. The number of aromatic nitrogens is 2. The second-order valence-electron chi connectivity index (χ2n) is 5.56. The van der Waals surface area contributed by atoms with E-state index in [2.05, 4.69) is 10.3 Å². The third-order valence-corrected chi connectivity index (χ3v) is 3.84. The molecule has 2 N–H and O–H groups in total. The monoisotopic (exact) mass is 351 g/mol.